The molecule has 1 aliphatic heterocycles. The average Bonchev–Trinajstić information content (AvgIpc) is 2.60. The summed E-state index contributed by atoms with van der Waals surface area (Å²) in [5, 5.41) is 0. The Labute approximate surface area is 149 Å². The second-order valence-electron chi connectivity index (χ2n) is 6.75. The first-order chi connectivity index (χ1) is 12.0. The van der Waals surface area contributed by atoms with E-state index >= 15 is 0 Å². The fourth-order valence-electron chi connectivity index (χ4n) is 3.08. The minimum atomic E-state index is -0.252. The first-order valence-electron chi connectivity index (χ1n) is 8.59. The molecule has 0 N–H and O–H groups in total. The molecular formula is C22H24O3. The highest BCUT2D eigenvalue weighted by Crippen LogP contribution is 2.41. The van der Waals surface area contributed by atoms with Crippen LogP contribution in [0.25, 0.3) is 0 Å². The number of aryl methyl sites for hydroxylation is 1. The van der Waals surface area contributed by atoms with Gasteiger partial charge in [0.2, 0.25) is 0 Å². The number of hydrogen-bond acceptors (Lipinski definition) is 3. The Morgan fingerprint density at radius 3 is 2.56 bits per heavy atom. The van der Waals surface area contributed by atoms with E-state index in [1.54, 1.807) is 7.11 Å². The SMILES string of the molecule is COc1ccc2c(c1CC=C(C)C)O[C@H](c1ccc(C)cc1)CC2=O. The predicted octanol–water partition coefficient (Wildman–Crippen LogP) is 5.22. The summed E-state index contributed by atoms with van der Waals surface area (Å²) < 4.78 is 11.8. The number of hydrogen-bond donors (Lipinski definition) is 0. The van der Waals surface area contributed by atoms with Crippen molar-refractivity contribution in [2.45, 2.75) is 39.7 Å². The van der Waals surface area contributed by atoms with Gasteiger partial charge in [-0.1, -0.05) is 41.5 Å². The molecule has 3 rings (SSSR count). The molecule has 3 nitrogen and oxygen atoms in total. The second-order valence-corrected chi connectivity index (χ2v) is 6.75. The molecule has 1 atom stereocenters. The number of carbonyl (C=O) groups excluding carboxylic acids is 1. The Morgan fingerprint density at radius 2 is 1.92 bits per heavy atom. The molecule has 0 amide bonds. The maximum absolute atomic E-state index is 12.7. The third-order valence-electron chi connectivity index (χ3n) is 4.53. The third kappa shape index (κ3) is 3.60. The second kappa shape index (κ2) is 7.14. The van der Waals surface area contributed by atoms with E-state index in [9.17, 15) is 4.79 Å². The number of Topliss-reactive ketones (excluding diaryl/α,β-unsaturated/α-hetero) is 1. The van der Waals surface area contributed by atoms with Gasteiger partial charge in [-0.05, 0) is 44.9 Å². The number of ketones is 1. The normalized spacial score (nSPS) is 16.0. The summed E-state index contributed by atoms with van der Waals surface area (Å²) in [6, 6.07) is 11.8. The lowest BCUT2D eigenvalue weighted by Crippen LogP contribution is -2.21. The first kappa shape index (κ1) is 17.3. The Bertz CT molecular complexity index is 812. The van der Waals surface area contributed by atoms with Crippen molar-refractivity contribution < 1.29 is 14.3 Å². The van der Waals surface area contributed by atoms with Gasteiger partial charge in [0.1, 0.15) is 17.6 Å². The third-order valence-corrected chi connectivity index (χ3v) is 4.53. The quantitative estimate of drug-likeness (QED) is 0.718. The minimum Gasteiger partial charge on any atom is -0.496 e. The van der Waals surface area contributed by atoms with Crippen molar-refractivity contribution in [2.75, 3.05) is 7.11 Å². The average molecular weight is 336 g/mol. The lowest BCUT2D eigenvalue weighted by atomic mass is 9.93. The van der Waals surface area contributed by atoms with Crippen molar-refractivity contribution in [1.82, 2.24) is 0 Å². The van der Waals surface area contributed by atoms with Crippen molar-refractivity contribution in [3.8, 4) is 11.5 Å². The minimum absolute atomic E-state index is 0.118. The van der Waals surface area contributed by atoms with Crippen LogP contribution in [0.3, 0.4) is 0 Å². The van der Waals surface area contributed by atoms with E-state index < -0.39 is 0 Å². The van der Waals surface area contributed by atoms with Crippen molar-refractivity contribution in [3.05, 3.63) is 70.3 Å². The molecule has 0 fully saturated rings. The Balaban J connectivity index is 2.03. The maximum atomic E-state index is 12.7. The molecule has 0 aromatic heterocycles. The zero-order valence-corrected chi connectivity index (χ0v) is 15.3. The molecule has 0 spiro atoms. The molecule has 3 heteroatoms. The largest absolute Gasteiger partial charge is 0.496 e. The molecule has 0 aliphatic carbocycles. The van der Waals surface area contributed by atoms with Gasteiger partial charge in [-0.3, -0.25) is 4.79 Å². The van der Waals surface area contributed by atoms with Crippen LogP contribution in [0.4, 0.5) is 0 Å². The topological polar surface area (TPSA) is 35.5 Å². The van der Waals surface area contributed by atoms with Gasteiger partial charge in [0, 0.05) is 5.56 Å². The summed E-state index contributed by atoms with van der Waals surface area (Å²) in [6.07, 6.45) is 2.92. The number of carbonyl (C=O) groups is 1. The van der Waals surface area contributed by atoms with E-state index in [0.29, 0.717) is 24.2 Å². The van der Waals surface area contributed by atoms with Gasteiger partial charge in [-0.15, -0.1) is 0 Å². The molecule has 25 heavy (non-hydrogen) atoms. The lowest BCUT2D eigenvalue weighted by molar-refractivity contribution is 0.0847. The van der Waals surface area contributed by atoms with Gasteiger partial charge in [0.25, 0.3) is 0 Å². The molecule has 2 aromatic rings. The van der Waals surface area contributed by atoms with Gasteiger partial charge in [0.05, 0.1) is 19.1 Å². The molecule has 0 bridgehead atoms. The number of ether oxygens (including phenoxy) is 2. The van der Waals surface area contributed by atoms with Crippen LogP contribution in [0, 0.1) is 6.92 Å². The number of allylic oxidation sites excluding steroid dienone is 2. The fraction of sp³-hybridized carbons (Fsp3) is 0.318. The fourth-order valence-corrected chi connectivity index (χ4v) is 3.08. The molecule has 0 radical (unpaired) electrons. The van der Waals surface area contributed by atoms with E-state index in [4.69, 9.17) is 9.47 Å². The van der Waals surface area contributed by atoms with Gasteiger partial charge < -0.3 is 9.47 Å². The Kier molecular flexibility index (Phi) is 4.93. The lowest BCUT2D eigenvalue weighted by Gasteiger charge is -2.28. The van der Waals surface area contributed by atoms with Crippen LogP contribution >= 0.6 is 0 Å². The molecule has 1 heterocycles. The molecule has 0 saturated heterocycles. The summed E-state index contributed by atoms with van der Waals surface area (Å²) in [4.78, 5) is 12.7. The van der Waals surface area contributed by atoms with E-state index in [0.717, 1.165) is 16.9 Å². The van der Waals surface area contributed by atoms with Crippen molar-refractivity contribution in [3.63, 3.8) is 0 Å². The van der Waals surface area contributed by atoms with Crippen LogP contribution in [0.5, 0.6) is 11.5 Å². The van der Waals surface area contributed by atoms with Crippen molar-refractivity contribution in [1.29, 1.82) is 0 Å². The van der Waals surface area contributed by atoms with Crippen LogP contribution in [-0.4, -0.2) is 12.9 Å². The highest BCUT2D eigenvalue weighted by Gasteiger charge is 2.30. The van der Waals surface area contributed by atoms with Crippen LogP contribution < -0.4 is 9.47 Å². The summed E-state index contributed by atoms with van der Waals surface area (Å²) in [7, 11) is 1.65. The van der Waals surface area contributed by atoms with Crippen LogP contribution in [0.15, 0.2) is 48.0 Å². The Morgan fingerprint density at radius 1 is 1.20 bits per heavy atom. The molecular weight excluding hydrogens is 312 g/mol. The molecule has 130 valence electrons. The summed E-state index contributed by atoms with van der Waals surface area (Å²) in [5.41, 5.74) is 5.03. The van der Waals surface area contributed by atoms with E-state index in [2.05, 4.69) is 19.9 Å². The molecule has 2 aromatic carbocycles. The highest BCUT2D eigenvalue weighted by atomic mass is 16.5. The monoisotopic (exact) mass is 336 g/mol. The van der Waals surface area contributed by atoms with E-state index in [1.165, 1.54) is 11.1 Å². The summed E-state index contributed by atoms with van der Waals surface area (Å²) in [6.45, 7) is 6.17. The maximum Gasteiger partial charge on any atom is 0.170 e. The number of benzene rings is 2. The van der Waals surface area contributed by atoms with Gasteiger partial charge in [0.15, 0.2) is 5.78 Å². The van der Waals surface area contributed by atoms with Gasteiger partial charge in [-0.25, -0.2) is 0 Å². The van der Waals surface area contributed by atoms with Gasteiger partial charge >= 0.3 is 0 Å². The van der Waals surface area contributed by atoms with Crippen molar-refractivity contribution >= 4 is 5.78 Å². The zero-order valence-electron chi connectivity index (χ0n) is 15.3. The van der Waals surface area contributed by atoms with Gasteiger partial charge in [-0.2, -0.15) is 0 Å². The van der Waals surface area contributed by atoms with E-state index in [-0.39, 0.29) is 11.9 Å². The van der Waals surface area contributed by atoms with Crippen LogP contribution in [0.1, 0.15) is 53.4 Å². The van der Waals surface area contributed by atoms with Crippen molar-refractivity contribution in [2.24, 2.45) is 0 Å². The molecule has 0 unspecified atom stereocenters. The van der Waals surface area contributed by atoms with E-state index in [1.807, 2.05) is 43.3 Å². The first-order valence-corrected chi connectivity index (χ1v) is 8.59. The molecule has 1 aliphatic rings. The number of methoxy groups -OCH3 is 1. The standard InChI is InChI=1S/C22H24O3/c1-14(2)5-10-18-20(24-4)12-11-17-19(23)13-21(25-22(17)18)16-8-6-15(3)7-9-16/h5-9,11-12,21H,10,13H2,1-4H3/t21-/m0/s1. The smallest absolute Gasteiger partial charge is 0.170 e. The number of rotatable bonds is 4. The van der Waals surface area contributed by atoms with Crippen LogP contribution in [0.2, 0.25) is 0 Å². The Hall–Kier alpha value is -2.55. The summed E-state index contributed by atoms with van der Waals surface area (Å²) in [5.74, 6) is 1.54. The number of fused-ring (bicyclic) bond motifs is 1. The summed E-state index contributed by atoms with van der Waals surface area (Å²) >= 11 is 0. The highest BCUT2D eigenvalue weighted by molar-refractivity contribution is 6.00. The predicted molar refractivity (Wildman–Crippen MR) is 99.6 cm³/mol. The van der Waals surface area contributed by atoms with Crippen LogP contribution in [-0.2, 0) is 6.42 Å². The molecule has 0 saturated carbocycles. The zero-order chi connectivity index (χ0) is 18.0.